The third-order valence-electron chi connectivity index (χ3n) is 3.20. The third kappa shape index (κ3) is 3.08. The molecule has 2 heterocycles. The molecular weight excluding hydrogens is 186 g/mol. The topological polar surface area (TPSA) is 39.8 Å². The summed E-state index contributed by atoms with van der Waals surface area (Å²) in [5, 5.41) is 7.03. The minimum absolute atomic E-state index is 0.432. The van der Waals surface area contributed by atoms with Gasteiger partial charge in [0, 0.05) is 17.9 Å². The maximum absolute atomic E-state index is 3.58. The first kappa shape index (κ1) is 10.7. The van der Waals surface area contributed by atoms with Crippen LogP contribution in [0, 0.1) is 5.92 Å². The van der Waals surface area contributed by atoms with E-state index in [-0.39, 0.29) is 0 Å². The highest BCUT2D eigenvalue weighted by Crippen LogP contribution is 2.12. The lowest BCUT2D eigenvalue weighted by atomic mass is 9.99. The Labute approximate surface area is 91.7 Å². The van der Waals surface area contributed by atoms with Crippen molar-refractivity contribution in [3.8, 4) is 0 Å². The molecule has 1 aromatic heterocycles. The van der Waals surface area contributed by atoms with Crippen LogP contribution >= 0.6 is 0 Å². The molecule has 1 aromatic rings. The fourth-order valence-corrected chi connectivity index (χ4v) is 2.17. The molecule has 15 heavy (non-hydrogen) atoms. The van der Waals surface area contributed by atoms with Gasteiger partial charge in [-0.2, -0.15) is 0 Å². The normalized spacial score (nSPS) is 23.9. The summed E-state index contributed by atoms with van der Waals surface area (Å²) in [6, 6.07) is 4.62. The molecule has 3 N–H and O–H groups in total. The van der Waals surface area contributed by atoms with Gasteiger partial charge in [0.05, 0.1) is 0 Å². The summed E-state index contributed by atoms with van der Waals surface area (Å²) in [6.45, 7) is 5.70. The van der Waals surface area contributed by atoms with Crippen molar-refractivity contribution in [1.29, 1.82) is 0 Å². The molecule has 2 rings (SSSR count). The van der Waals surface area contributed by atoms with Gasteiger partial charge in [0.1, 0.15) is 0 Å². The number of aromatic nitrogens is 1. The fraction of sp³-hybridized carbons (Fsp3) is 0.667. The largest absolute Gasteiger partial charge is 0.364 e. The van der Waals surface area contributed by atoms with Crippen LogP contribution in [0.1, 0.15) is 31.5 Å². The fourth-order valence-electron chi connectivity index (χ4n) is 2.17. The molecule has 3 heteroatoms. The molecule has 1 aliphatic rings. The summed E-state index contributed by atoms with van der Waals surface area (Å²) in [6.07, 6.45) is 4.66. The first-order valence-electron chi connectivity index (χ1n) is 5.93. The zero-order valence-corrected chi connectivity index (χ0v) is 9.42. The molecule has 84 valence electrons. The van der Waals surface area contributed by atoms with Crippen LogP contribution in [0.25, 0.3) is 0 Å². The summed E-state index contributed by atoms with van der Waals surface area (Å²) < 4.78 is 0. The van der Waals surface area contributed by atoms with Crippen molar-refractivity contribution in [3.63, 3.8) is 0 Å². The number of piperidine rings is 1. The maximum Gasteiger partial charge on any atom is 0.0444 e. The van der Waals surface area contributed by atoms with Crippen molar-refractivity contribution in [2.24, 2.45) is 5.92 Å². The lowest BCUT2D eigenvalue weighted by Gasteiger charge is -2.24. The highest BCUT2D eigenvalue weighted by atomic mass is 15.0. The first-order chi connectivity index (χ1) is 7.36. The van der Waals surface area contributed by atoms with Gasteiger partial charge in [-0.3, -0.25) is 0 Å². The number of nitrogens with one attached hydrogen (secondary N) is 3. The Hall–Kier alpha value is -0.800. The van der Waals surface area contributed by atoms with E-state index >= 15 is 0 Å². The Morgan fingerprint density at radius 3 is 3.20 bits per heavy atom. The maximum atomic E-state index is 3.58. The van der Waals surface area contributed by atoms with Crippen LogP contribution in [-0.4, -0.2) is 24.6 Å². The van der Waals surface area contributed by atoms with E-state index < -0.39 is 0 Å². The smallest absolute Gasteiger partial charge is 0.0444 e. The highest BCUT2D eigenvalue weighted by molar-refractivity contribution is 5.07. The van der Waals surface area contributed by atoms with Crippen LogP contribution in [0.4, 0.5) is 0 Å². The second-order valence-electron chi connectivity index (χ2n) is 4.47. The number of rotatable bonds is 4. The molecule has 0 aliphatic carbocycles. The van der Waals surface area contributed by atoms with Gasteiger partial charge in [-0.1, -0.05) is 0 Å². The molecule has 0 unspecified atom stereocenters. The molecule has 0 spiro atoms. The predicted molar refractivity (Wildman–Crippen MR) is 62.8 cm³/mol. The van der Waals surface area contributed by atoms with E-state index in [9.17, 15) is 0 Å². The van der Waals surface area contributed by atoms with E-state index in [2.05, 4.69) is 34.7 Å². The quantitative estimate of drug-likeness (QED) is 0.703. The molecule has 1 aliphatic heterocycles. The zero-order chi connectivity index (χ0) is 10.5. The lowest BCUT2D eigenvalue weighted by molar-refractivity contribution is 0.347. The highest BCUT2D eigenvalue weighted by Gasteiger charge is 2.14. The summed E-state index contributed by atoms with van der Waals surface area (Å²) >= 11 is 0. The minimum atomic E-state index is 0.432. The van der Waals surface area contributed by atoms with E-state index in [0.717, 1.165) is 12.5 Å². The van der Waals surface area contributed by atoms with E-state index in [1.807, 2.05) is 6.20 Å². The van der Waals surface area contributed by atoms with Crippen LogP contribution in [-0.2, 0) is 0 Å². The van der Waals surface area contributed by atoms with Gasteiger partial charge in [-0.05, 0) is 57.5 Å². The van der Waals surface area contributed by atoms with Gasteiger partial charge in [0.25, 0.3) is 0 Å². The van der Waals surface area contributed by atoms with E-state index in [4.69, 9.17) is 0 Å². The molecule has 2 atom stereocenters. The SMILES string of the molecule is C[C@H](NC[C@H]1CCCNC1)c1ccc[nH]1. The lowest BCUT2D eigenvalue weighted by Crippen LogP contribution is -2.36. The van der Waals surface area contributed by atoms with Gasteiger partial charge in [-0.25, -0.2) is 0 Å². The van der Waals surface area contributed by atoms with E-state index in [0.29, 0.717) is 6.04 Å². The van der Waals surface area contributed by atoms with Gasteiger partial charge < -0.3 is 15.6 Å². The van der Waals surface area contributed by atoms with Crippen molar-refractivity contribution >= 4 is 0 Å². The van der Waals surface area contributed by atoms with Gasteiger partial charge in [-0.15, -0.1) is 0 Å². The van der Waals surface area contributed by atoms with Crippen LogP contribution < -0.4 is 10.6 Å². The number of H-pyrrole nitrogens is 1. The van der Waals surface area contributed by atoms with E-state index in [1.165, 1.54) is 31.6 Å². The molecule has 0 bridgehead atoms. The van der Waals surface area contributed by atoms with Crippen LogP contribution in [0.5, 0.6) is 0 Å². The Kier molecular flexibility index (Phi) is 3.80. The standard InChI is InChI=1S/C12H21N3/c1-10(12-5-3-7-14-12)15-9-11-4-2-6-13-8-11/h3,5,7,10-11,13-15H,2,4,6,8-9H2,1H3/t10-,11-/m0/s1. The predicted octanol–water partition coefficient (Wildman–Crippen LogP) is 1.66. The second kappa shape index (κ2) is 5.33. The molecule has 0 radical (unpaired) electrons. The number of hydrogen-bond donors (Lipinski definition) is 3. The van der Waals surface area contributed by atoms with Crippen LogP contribution in [0.3, 0.4) is 0 Å². The van der Waals surface area contributed by atoms with Crippen LogP contribution in [0.15, 0.2) is 18.3 Å². The zero-order valence-electron chi connectivity index (χ0n) is 9.42. The van der Waals surface area contributed by atoms with Gasteiger partial charge in [0.15, 0.2) is 0 Å². The van der Waals surface area contributed by atoms with Crippen molar-refractivity contribution in [3.05, 3.63) is 24.0 Å². The van der Waals surface area contributed by atoms with Crippen molar-refractivity contribution in [2.45, 2.75) is 25.8 Å². The molecular formula is C12H21N3. The summed E-state index contributed by atoms with van der Waals surface area (Å²) in [7, 11) is 0. The van der Waals surface area contributed by atoms with Crippen molar-refractivity contribution in [1.82, 2.24) is 15.6 Å². The number of hydrogen-bond acceptors (Lipinski definition) is 2. The van der Waals surface area contributed by atoms with Crippen LogP contribution in [0.2, 0.25) is 0 Å². The van der Waals surface area contributed by atoms with E-state index in [1.54, 1.807) is 0 Å². The van der Waals surface area contributed by atoms with Crippen molar-refractivity contribution in [2.75, 3.05) is 19.6 Å². The Bertz CT molecular complexity index is 262. The molecule has 3 nitrogen and oxygen atoms in total. The summed E-state index contributed by atoms with van der Waals surface area (Å²) in [5.74, 6) is 0.802. The van der Waals surface area contributed by atoms with Gasteiger partial charge in [0.2, 0.25) is 0 Å². The first-order valence-corrected chi connectivity index (χ1v) is 5.93. The second-order valence-corrected chi connectivity index (χ2v) is 4.47. The molecule has 1 fully saturated rings. The molecule has 0 saturated carbocycles. The molecule has 1 saturated heterocycles. The Morgan fingerprint density at radius 2 is 2.53 bits per heavy atom. The number of aromatic amines is 1. The molecule has 0 aromatic carbocycles. The van der Waals surface area contributed by atoms with Gasteiger partial charge >= 0.3 is 0 Å². The Morgan fingerprint density at radius 1 is 1.60 bits per heavy atom. The summed E-state index contributed by atoms with van der Waals surface area (Å²) in [4.78, 5) is 3.25. The average molecular weight is 207 g/mol. The average Bonchev–Trinajstić information content (AvgIpc) is 2.81. The Balaban J connectivity index is 1.73. The molecule has 0 amide bonds. The van der Waals surface area contributed by atoms with Crippen molar-refractivity contribution < 1.29 is 0 Å². The third-order valence-corrected chi connectivity index (χ3v) is 3.20. The minimum Gasteiger partial charge on any atom is -0.364 e. The monoisotopic (exact) mass is 207 g/mol. The summed E-state index contributed by atoms with van der Waals surface area (Å²) in [5.41, 5.74) is 1.28.